The van der Waals surface area contributed by atoms with E-state index in [0.29, 0.717) is 17.8 Å². The molecule has 1 saturated heterocycles. The van der Waals surface area contributed by atoms with Crippen molar-refractivity contribution in [2.75, 3.05) is 19.7 Å². The molecule has 1 amide bonds. The number of carbonyl (C=O) groups is 2. The lowest BCUT2D eigenvalue weighted by molar-refractivity contribution is -0.154. The molecule has 28 heavy (non-hydrogen) atoms. The number of carbonyl (C=O) groups excluding carboxylic acids is 1. The first kappa shape index (κ1) is 18.2. The molecule has 0 unspecified atom stereocenters. The highest BCUT2D eigenvalue weighted by Crippen LogP contribution is 2.24. The van der Waals surface area contributed by atoms with Gasteiger partial charge in [0.05, 0.1) is 19.7 Å². The average molecular weight is 382 g/mol. The van der Waals surface area contributed by atoms with Crippen LogP contribution in [0.1, 0.15) is 16.1 Å². The predicted octanol–water partition coefficient (Wildman–Crippen LogP) is 2.75. The number of para-hydroxylation sites is 1. The Morgan fingerprint density at radius 3 is 2.68 bits per heavy atom. The van der Waals surface area contributed by atoms with Crippen molar-refractivity contribution >= 4 is 22.8 Å². The highest BCUT2D eigenvalue weighted by Gasteiger charge is 2.31. The molecule has 6 nitrogen and oxygen atoms in total. The number of carboxylic acid groups (broad SMARTS) is 1. The number of hydrogen-bond acceptors (Lipinski definition) is 3. The number of aromatic nitrogens is 1. The molecule has 3 aromatic rings. The summed E-state index contributed by atoms with van der Waals surface area (Å²) in [6.07, 6.45) is -1.04. The maximum Gasteiger partial charge on any atom is 0.334 e. The van der Waals surface area contributed by atoms with Crippen LogP contribution >= 0.6 is 0 Å². The largest absolute Gasteiger partial charge is 0.479 e. The topological polar surface area (TPSA) is 71.8 Å². The van der Waals surface area contributed by atoms with E-state index in [1.54, 1.807) is 28.8 Å². The molecule has 0 aliphatic carbocycles. The van der Waals surface area contributed by atoms with Crippen molar-refractivity contribution in [2.24, 2.45) is 0 Å². The van der Waals surface area contributed by atoms with Crippen LogP contribution in [0.5, 0.6) is 0 Å². The fraction of sp³-hybridized carbons (Fsp3) is 0.238. The molecule has 1 fully saturated rings. The van der Waals surface area contributed by atoms with Crippen molar-refractivity contribution in [3.8, 4) is 0 Å². The first-order chi connectivity index (χ1) is 13.5. The lowest BCUT2D eigenvalue weighted by atomic mass is 10.2. The van der Waals surface area contributed by atoms with Crippen LogP contribution in [-0.2, 0) is 16.1 Å². The molecule has 0 bridgehead atoms. The zero-order valence-corrected chi connectivity index (χ0v) is 15.0. The van der Waals surface area contributed by atoms with E-state index >= 15 is 0 Å². The van der Waals surface area contributed by atoms with E-state index in [9.17, 15) is 19.1 Å². The molecule has 7 heteroatoms. The molecule has 2 heterocycles. The van der Waals surface area contributed by atoms with Crippen molar-refractivity contribution in [1.29, 1.82) is 0 Å². The summed E-state index contributed by atoms with van der Waals surface area (Å²) in [5.74, 6) is -1.72. The minimum atomic E-state index is -1.09. The first-order valence-corrected chi connectivity index (χ1v) is 9.00. The van der Waals surface area contributed by atoms with Crippen molar-refractivity contribution in [1.82, 2.24) is 9.47 Å². The number of morpholine rings is 1. The van der Waals surface area contributed by atoms with Crippen LogP contribution in [-0.4, -0.2) is 52.3 Å². The van der Waals surface area contributed by atoms with Crippen LogP contribution in [0.25, 0.3) is 10.9 Å². The van der Waals surface area contributed by atoms with Gasteiger partial charge in [0.15, 0.2) is 6.10 Å². The van der Waals surface area contributed by atoms with Gasteiger partial charge in [-0.2, -0.15) is 0 Å². The lowest BCUT2D eigenvalue weighted by Gasteiger charge is -2.31. The summed E-state index contributed by atoms with van der Waals surface area (Å²) >= 11 is 0. The minimum absolute atomic E-state index is 0.0185. The zero-order chi connectivity index (χ0) is 19.7. The third kappa shape index (κ3) is 3.36. The summed E-state index contributed by atoms with van der Waals surface area (Å²) in [4.78, 5) is 25.9. The first-order valence-electron chi connectivity index (χ1n) is 9.00. The monoisotopic (exact) mass is 382 g/mol. The van der Waals surface area contributed by atoms with Gasteiger partial charge in [0.25, 0.3) is 5.91 Å². The molecule has 1 aliphatic heterocycles. The summed E-state index contributed by atoms with van der Waals surface area (Å²) in [5, 5.41) is 10.1. The number of ether oxygens (including phenoxy) is 1. The Morgan fingerprint density at radius 1 is 1.14 bits per heavy atom. The molecule has 0 radical (unpaired) electrons. The fourth-order valence-electron chi connectivity index (χ4n) is 3.50. The SMILES string of the molecule is O=C(O)[C@@H]1CN(C(=O)c2cc3ccccc3n2Cc2ccccc2F)CCO1. The Morgan fingerprint density at radius 2 is 1.89 bits per heavy atom. The van der Waals surface area contributed by atoms with Crippen molar-refractivity contribution < 1.29 is 23.8 Å². The number of carboxylic acids is 1. The Balaban J connectivity index is 1.73. The quantitative estimate of drug-likeness (QED) is 0.753. The van der Waals surface area contributed by atoms with Gasteiger partial charge in [-0.05, 0) is 18.2 Å². The third-order valence-corrected chi connectivity index (χ3v) is 4.95. The second-order valence-electron chi connectivity index (χ2n) is 6.71. The van der Waals surface area contributed by atoms with Crippen molar-refractivity contribution in [2.45, 2.75) is 12.6 Å². The Hall–Kier alpha value is -3.19. The van der Waals surface area contributed by atoms with Gasteiger partial charge in [0.1, 0.15) is 11.5 Å². The Bertz CT molecular complexity index is 1050. The zero-order valence-electron chi connectivity index (χ0n) is 15.0. The van der Waals surface area contributed by atoms with Gasteiger partial charge in [-0.25, -0.2) is 9.18 Å². The number of fused-ring (bicyclic) bond motifs is 1. The molecular weight excluding hydrogens is 363 g/mol. The van der Waals surface area contributed by atoms with Crippen molar-refractivity contribution in [3.63, 3.8) is 0 Å². The molecule has 1 atom stereocenters. The number of hydrogen-bond donors (Lipinski definition) is 1. The summed E-state index contributed by atoms with van der Waals surface area (Å²) in [6, 6.07) is 15.7. The standard InChI is InChI=1S/C21H19FN2O4/c22-16-7-3-1-6-15(16)12-24-17-8-4-2-5-14(17)11-18(24)20(25)23-9-10-28-19(13-23)21(26)27/h1-8,11,19H,9-10,12-13H2,(H,26,27)/t19-/m0/s1. The Labute approximate surface area is 160 Å². The van der Waals surface area contributed by atoms with Crippen LogP contribution in [0.15, 0.2) is 54.6 Å². The van der Waals surface area contributed by atoms with E-state index in [0.717, 1.165) is 10.9 Å². The third-order valence-electron chi connectivity index (χ3n) is 4.95. The van der Waals surface area contributed by atoms with E-state index in [2.05, 4.69) is 0 Å². The molecule has 144 valence electrons. The highest BCUT2D eigenvalue weighted by molar-refractivity contribution is 5.99. The number of amides is 1. The molecule has 4 rings (SSSR count). The Kier molecular flexibility index (Phi) is 4.83. The summed E-state index contributed by atoms with van der Waals surface area (Å²) < 4.78 is 21.2. The molecule has 1 aliphatic rings. The molecule has 0 saturated carbocycles. The molecule has 0 spiro atoms. The summed E-state index contributed by atoms with van der Waals surface area (Å²) in [5.41, 5.74) is 1.69. The maximum atomic E-state index is 14.2. The molecule has 1 aromatic heterocycles. The molecular formula is C21H19FN2O4. The second kappa shape index (κ2) is 7.44. The van der Waals surface area contributed by atoms with Gasteiger partial charge in [-0.1, -0.05) is 36.4 Å². The molecule has 1 N–H and O–H groups in total. The van der Waals surface area contributed by atoms with Gasteiger partial charge >= 0.3 is 5.97 Å². The summed E-state index contributed by atoms with van der Waals surface area (Å²) in [6.45, 7) is 0.656. The molecule has 2 aromatic carbocycles. The number of nitrogens with zero attached hydrogens (tertiary/aromatic N) is 2. The minimum Gasteiger partial charge on any atom is -0.479 e. The van der Waals surface area contributed by atoms with Crippen LogP contribution in [0, 0.1) is 5.82 Å². The van der Waals surface area contributed by atoms with Crippen LogP contribution in [0.2, 0.25) is 0 Å². The smallest absolute Gasteiger partial charge is 0.334 e. The van der Waals surface area contributed by atoms with Gasteiger partial charge in [0.2, 0.25) is 0 Å². The summed E-state index contributed by atoms with van der Waals surface area (Å²) in [7, 11) is 0. The van der Waals surface area contributed by atoms with Crippen LogP contribution in [0.3, 0.4) is 0 Å². The van der Waals surface area contributed by atoms with E-state index in [-0.39, 0.29) is 31.4 Å². The van der Waals surface area contributed by atoms with E-state index in [1.165, 1.54) is 11.0 Å². The lowest BCUT2D eigenvalue weighted by Crippen LogP contribution is -2.48. The van der Waals surface area contributed by atoms with Gasteiger partial charge in [-0.15, -0.1) is 0 Å². The van der Waals surface area contributed by atoms with E-state index in [1.807, 2.05) is 24.3 Å². The fourth-order valence-corrected chi connectivity index (χ4v) is 3.50. The van der Waals surface area contributed by atoms with Gasteiger partial charge < -0.3 is 19.3 Å². The van der Waals surface area contributed by atoms with Crippen LogP contribution < -0.4 is 0 Å². The van der Waals surface area contributed by atoms with E-state index in [4.69, 9.17) is 4.74 Å². The number of benzene rings is 2. The number of rotatable bonds is 4. The van der Waals surface area contributed by atoms with Gasteiger partial charge in [-0.3, -0.25) is 4.79 Å². The second-order valence-corrected chi connectivity index (χ2v) is 6.71. The highest BCUT2D eigenvalue weighted by atomic mass is 19.1. The van der Waals surface area contributed by atoms with Crippen LogP contribution in [0.4, 0.5) is 4.39 Å². The van der Waals surface area contributed by atoms with E-state index < -0.39 is 12.1 Å². The van der Waals surface area contributed by atoms with Crippen molar-refractivity contribution in [3.05, 3.63) is 71.7 Å². The normalized spacial score (nSPS) is 17.0. The number of aliphatic carboxylic acids is 1. The van der Waals surface area contributed by atoms with Gasteiger partial charge in [0, 0.05) is 23.0 Å². The predicted molar refractivity (Wildman–Crippen MR) is 101 cm³/mol. The maximum absolute atomic E-state index is 14.2. The number of halogens is 1. The average Bonchev–Trinajstić information content (AvgIpc) is 3.08.